The van der Waals surface area contributed by atoms with Crippen molar-refractivity contribution < 1.29 is 9.53 Å². The Labute approximate surface area is 133 Å². The second-order valence-corrected chi connectivity index (χ2v) is 6.47. The number of hydrogen-bond acceptors (Lipinski definition) is 3. The van der Waals surface area contributed by atoms with Gasteiger partial charge in [0.1, 0.15) is 0 Å². The Morgan fingerprint density at radius 1 is 1.36 bits per heavy atom. The molecule has 1 amide bonds. The zero-order chi connectivity index (χ0) is 16.1. The molecule has 5 nitrogen and oxygen atoms in total. The van der Waals surface area contributed by atoms with Crippen LogP contribution in [-0.2, 0) is 23.0 Å². The van der Waals surface area contributed by atoms with E-state index in [1.54, 1.807) is 0 Å². The van der Waals surface area contributed by atoms with Gasteiger partial charge in [0, 0.05) is 24.8 Å². The molecule has 1 aliphatic rings. The third kappa shape index (κ3) is 4.32. The van der Waals surface area contributed by atoms with Crippen LogP contribution in [0.25, 0.3) is 0 Å². The lowest BCUT2D eigenvalue weighted by Gasteiger charge is -2.28. The monoisotopic (exact) mass is 307 g/mol. The number of ether oxygens (including phenoxy) is 1. The first kappa shape index (κ1) is 17.0. The van der Waals surface area contributed by atoms with Gasteiger partial charge in [0.05, 0.1) is 24.8 Å². The molecule has 1 N–H and O–H groups in total. The van der Waals surface area contributed by atoms with E-state index in [4.69, 9.17) is 4.74 Å². The van der Waals surface area contributed by atoms with E-state index in [2.05, 4.69) is 17.3 Å². The minimum Gasteiger partial charge on any atom is -0.376 e. The van der Waals surface area contributed by atoms with E-state index in [1.165, 1.54) is 19.3 Å². The van der Waals surface area contributed by atoms with Crippen molar-refractivity contribution in [3.05, 3.63) is 17.0 Å². The van der Waals surface area contributed by atoms with E-state index in [9.17, 15) is 4.79 Å². The van der Waals surface area contributed by atoms with Gasteiger partial charge in [-0.05, 0) is 32.6 Å². The maximum Gasteiger partial charge on any atom is 0.224 e. The van der Waals surface area contributed by atoms with Crippen LogP contribution >= 0.6 is 0 Å². The molecule has 1 saturated carbocycles. The van der Waals surface area contributed by atoms with E-state index in [-0.39, 0.29) is 5.91 Å². The largest absolute Gasteiger partial charge is 0.376 e. The molecule has 2 atom stereocenters. The molecule has 0 unspecified atom stereocenters. The Morgan fingerprint density at radius 2 is 2.09 bits per heavy atom. The molecule has 0 saturated heterocycles. The molecule has 1 fully saturated rings. The highest BCUT2D eigenvalue weighted by Gasteiger charge is 2.21. The standard InChI is InChI=1S/C17H29N3O2/c1-12-7-5-6-8-16(12)22-10-9-18-17(21)11-15-13(2)19-20(4)14(15)3/h12,16H,5-11H2,1-4H3,(H,18,21)/t12-,16+/m0/s1. The van der Waals surface area contributed by atoms with Gasteiger partial charge in [-0.2, -0.15) is 5.10 Å². The van der Waals surface area contributed by atoms with Crippen molar-refractivity contribution in [1.82, 2.24) is 15.1 Å². The maximum atomic E-state index is 12.0. The number of carbonyl (C=O) groups excluding carboxylic acids is 1. The molecule has 0 radical (unpaired) electrons. The summed E-state index contributed by atoms with van der Waals surface area (Å²) in [5.74, 6) is 0.685. The quantitative estimate of drug-likeness (QED) is 0.820. The molecule has 124 valence electrons. The highest BCUT2D eigenvalue weighted by atomic mass is 16.5. The lowest BCUT2D eigenvalue weighted by Crippen LogP contribution is -2.32. The average Bonchev–Trinajstić information content (AvgIpc) is 2.72. The van der Waals surface area contributed by atoms with Crippen LogP contribution in [0.1, 0.15) is 49.6 Å². The second kappa shape index (κ2) is 7.77. The zero-order valence-electron chi connectivity index (χ0n) is 14.3. The predicted octanol–water partition coefficient (Wildman–Crippen LogP) is 2.29. The number of nitrogens with zero attached hydrogens (tertiary/aromatic N) is 2. The Kier molecular flexibility index (Phi) is 6.00. The van der Waals surface area contributed by atoms with Gasteiger partial charge in [0.2, 0.25) is 5.91 Å². The first-order valence-electron chi connectivity index (χ1n) is 8.36. The first-order valence-corrected chi connectivity index (χ1v) is 8.36. The summed E-state index contributed by atoms with van der Waals surface area (Å²) >= 11 is 0. The minimum atomic E-state index is 0.0412. The van der Waals surface area contributed by atoms with Gasteiger partial charge < -0.3 is 10.1 Å². The fraction of sp³-hybridized carbons (Fsp3) is 0.765. The van der Waals surface area contributed by atoms with Gasteiger partial charge in [-0.15, -0.1) is 0 Å². The summed E-state index contributed by atoms with van der Waals surface area (Å²) in [6, 6.07) is 0. The van der Waals surface area contributed by atoms with Crippen LogP contribution in [0.4, 0.5) is 0 Å². The summed E-state index contributed by atoms with van der Waals surface area (Å²) in [4.78, 5) is 12.0. The molecule has 2 rings (SSSR count). The molecule has 1 aliphatic carbocycles. The molecule has 0 spiro atoms. The van der Waals surface area contributed by atoms with Crippen LogP contribution in [0.15, 0.2) is 0 Å². The molecule has 5 heteroatoms. The molecule has 0 bridgehead atoms. The maximum absolute atomic E-state index is 12.0. The zero-order valence-corrected chi connectivity index (χ0v) is 14.3. The van der Waals surface area contributed by atoms with Crippen LogP contribution in [0.3, 0.4) is 0 Å². The molecule has 22 heavy (non-hydrogen) atoms. The van der Waals surface area contributed by atoms with Crippen molar-refractivity contribution in [1.29, 1.82) is 0 Å². The van der Waals surface area contributed by atoms with Crippen molar-refractivity contribution >= 4 is 5.91 Å². The number of nitrogens with one attached hydrogen (secondary N) is 1. The van der Waals surface area contributed by atoms with Gasteiger partial charge in [-0.25, -0.2) is 0 Å². The summed E-state index contributed by atoms with van der Waals surface area (Å²) in [5, 5.41) is 7.29. The SMILES string of the molecule is Cc1nn(C)c(C)c1CC(=O)NCCO[C@@H]1CCCC[C@@H]1C. The van der Waals surface area contributed by atoms with Crippen molar-refractivity contribution in [2.24, 2.45) is 13.0 Å². The Morgan fingerprint density at radius 3 is 2.73 bits per heavy atom. The molecule has 0 aromatic carbocycles. The van der Waals surface area contributed by atoms with Gasteiger partial charge >= 0.3 is 0 Å². The topological polar surface area (TPSA) is 56.2 Å². The number of aryl methyl sites for hydroxylation is 2. The molecule has 0 aliphatic heterocycles. The summed E-state index contributed by atoms with van der Waals surface area (Å²) < 4.78 is 7.74. The number of carbonyl (C=O) groups is 1. The van der Waals surface area contributed by atoms with E-state index in [0.717, 1.165) is 23.4 Å². The van der Waals surface area contributed by atoms with Crippen LogP contribution < -0.4 is 5.32 Å². The van der Waals surface area contributed by atoms with Gasteiger partial charge in [-0.1, -0.05) is 19.8 Å². The third-order valence-electron chi connectivity index (χ3n) is 4.79. The fourth-order valence-corrected chi connectivity index (χ4v) is 3.23. The number of hydrogen-bond donors (Lipinski definition) is 1. The first-order chi connectivity index (χ1) is 10.5. The molecule has 1 aromatic heterocycles. The predicted molar refractivity (Wildman–Crippen MR) is 86.8 cm³/mol. The average molecular weight is 307 g/mol. The van der Waals surface area contributed by atoms with Crippen LogP contribution in [-0.4, -0.2) is 34.9 Å². The van der Waals surface area contributed by atoms with Crippen LogP contribution in [0.5, 0.6) is 0 Å². The molecular weight excluding hydrogens is 278 g/mol. The number of rotatable bonds is 6. The Balaban J connectivity index is 1.69. The number of amides is 1. The van der Waals surface area contributed by atoms with Crippen LogP contribution in [0.2, 0.25) is 0 Å². The van der Waals surface area contributed by atoms with Crippen LogP contribution in [0, 0.1) is 19.8 Å². The minimum absolute atomic E-state index is 0.0412. The molecule has 1 aromatic rings. The summed E-state index contributed by atoms with van der Waals surface area (Å²) in [6.07, 6.45) is 5.77. The van der Waals surface area contributed by atoms with Crippen molar-refractivity contribution in [2.75, 3.05) is 13.2 Å². The molecule has 1 heterocycles. The normalized spacial score (nSPS) is 21.8. The van der Waals surface area contributed by atoms with Crippen molar-refractivity contribution in [2.45, 2.75) is 59.0 Å². The Hall–Kier alpha value is -1.36. The van der Waals surface area contributed by atoms with E-state index >= 15 is 0 Å². The van der Waals surface area contributed by atoms with E-state index in [1.807, 2.05) is 25.6 Å². The van der Waals surface area contributed by atoms with Gasteiger partial charge in [-0.3, -0.25) is 9.48 Å². The highest BCUT2D eigenvalue weighted by Crippen LogP contribution is 2.25. The van der Waals surface area contributed by atoms with E-state index < -0.39 is 0 Å². The van der Waals surface area contributed by atoms with Crippen molar-refractivity contribution in [3.63, 3.8) is 0 Å². The molecular formula is C17H29N3O2. The lowest BCUT2D eigenvalue weighted by molar-refractivity contribution is -0.120. The van der Waals surface area contributed by atoms with Gasteiger partial charge in [0.25, 0.3) is 0 Å². The number of aromatic nitrogens is 2. The summed E-state index contributed by atoms with van der Waals surface area (Å²) in [7, 11) is 1.91. The second-order valence-electron chi connectivity index (χ2n) is 6.47. The lowest BCUT2D eigenvalue weighted by atomic mass is 9.88. The summed E-state index contributed by atoms with van der Waals surface area (Å²) in [5.41, 5.74) is 3.02. The van der Waals surface area contributed by atoms with Gasteiger partial charge in [0.15, 0.2) is 0 Å². The smallest absolute Gasteiger partial charge is 0.224 e. The Bertz CT molecular complexity index is 510. The highest BCUT2D eigenvalue weighted by molar-refractivity contribution is 5.79. The fourth-order valence-electron chi connectivity index (χ4n) is 3.23. The third-order valence-corrected chi connectivity index (χ3v) is 4.79. The summed E-state index contributed by atoms with van der Waals surface area (Å²) in [6.45, 7) is 7.39. The van der Waals surface area contributed by atoms with Crippen molar-refractivity contribution in [3.8, 4) is 0 Å². The van der Waals surface area contributed by atoms with E-state index in [0.29, 0.717) is 31.6 Å².